The van der Waals surface area contributed by atoms with E-state index in [-0.39, 0.29) is 11.8 Å². The molecule has 0 aliphatic heterocycles. The fraction of sp³-hybridized carbons (Fsp3) is 0.278. The van der Waals surface area contributed by atoms with Crippen molar-refractivity contribution >= 4 is 16.7 Å². The van der Waals surface area contributed by atoms with Crippen LogP contribution in [0.1, 0.15) is 31.4 Å². The molecule has 4 rings (SSSR count). The van der Waals surface area contributed by atoms with Gasteiger partial charge in [0, 0.05) is 29.4 Å². The average Bonchev–Trinajstić information content (AvgIpc) is 3.34. The van der Waals surface area contributed by atoms with Crippen molar-refractivity contribution in [1.82, 2.24) is 14.5 Å². The minimum absolute atomic E-state index is 0.135. The van der Waals surface area contributed by atoms with E-state index in [2.05, 4.69) is 22.1 Å². The highest BCUT2D eigenvalue weighted by Crippen LogP contribution is 2.37. The van der Waals surface area contributed by atoms with E-state index in [1.807, 2.05) is 29.7 Å². The number of Topliss-reactive ketones (excluding diaryl/α,β-unsaturated/α-hetero) is 1. The van der Waals surface area contributed by atoms with Gasteiger partial charge >= 0.3 is 0 Å². The summed E-state index contributed by atoms with van der Waals surface area (Å²) in [6, 6.07) is 12.0. The second-order valence-electron chi connectivity index (χ2n) is 5.91. The number of aromatic nitrogens is 3. The molecule has 1 saturated carbocycles. The summed E-state index contributed by atoms with van der Waals surface area (Å²) in [5, 5.41) is 1.11. The maximum absolute atomic E-state index is 12.5. The van der Waals surface area contributed by atoms with Crippen molar-refractivity contribution in [3.8, 4) is 5.95 Å². The van der Waals surface area contributed by atoms with Gasteiger partial charge < -0.3 is 0 Å². The number of hydrogen-bond acceptors (Lipinski definition) is 3. The Kier molecular flexibility index (Phi) is 3.03. The minimum Gasteiger partial charge on any atom is -0.299 e. The first kappa shape index (κ1) is 13.2. The molecule has 1 fully saturated rings. The quantitative estimate of drug-likeness (QED) is 0.739. The highest BCUT2D eigenvalue weighted by molar-refractivity contribution is 5.91. The summed E-state index contributed by atoms with van der Waals surface area (Å²) in [6.45, 7) is 1.99. The number of rotatable bonds is 4. The Hall–Kier alpha value is -2.49. The van der Waals surface area contributed by atoms with E-state index in [0.717, 1.165) is 29.4 Å². The molecule has 3 aromatic rings. The van der Waals surface area contributed by atoms with Crippen molar-refractivity contribution in [3.63, 3.8) is 0 Å². The van der Waals surface area contributed by atoms with Gasteiger partial charge in [-0.25, -0.2) is 9.97 Å². The zero-order chi connectivity index (χ0) is 15.1. The van der Waals surface area contributed by atoms with Gasteiger partial charge in [0.05, 0.1) is 11.4 Å². The molecule has 1 aliphatic rings. The summed E-state index contributed by atoms with van der Waals surface area (Å²) in [6.07, 6.45) is 5.53. The third-order valence-electron chi connectivity index (χ3n) is 4.34. The number of fused-ring (bicyclic) bond motifs is 1. The van der Waals surface area contributed by atoms with Crippen LogP contribution in [-0.2, 0) is 4.79 Å². The van der Waals surface area contributed by atoms with Gasteiger partial charge in [0.1, 0.15) is 5.78 Å². The summed E-state index contributed by atoms with van der Waals surface area (Å²) in [4.78, 5) is 21.3. The van der Waals surface area contributed by atoms with Crippen LogP contribution in [0, 0.1) is 5.92 Å². The standard InChI is InChI=1S/C18H17N3O/c1-12(17(22)13-7-8-13)16-11-14-5-2-3-6-15(14)21(16)18-19-9-4-10-20-18/h2-6,9-13H,7-8H2,1H3. The highest BCUT2D eigenvalue weighted by atomic mass is 16.1. The molecule has 22 heavy (non-hydrogen) atoms. The molecule has 4 heteroatoms. The van der Waals surface area contributed by atoms with Crippen LogP contribution in [0.5, 0.6) is 0 Å². The molecule has 0 N–H and O–H groups in total. The monoisotopic (exact) mass is 291 g/mol. The molecule has 0 saturated heterocycles. The molecule has 0 amide bonds. The Balaban J connectivity index is 1.91. The predicted molar refractivity (Wildman–Crippen MR) is 85.0 cm³/mol. The van der Waals surface area contributed by atoms with Crippen LogP contribution < -0.4 is 0 Å². The Morgan fingerprint density at radius 2 is 1.91 bits per heavy atom. The molecule has 2 aromatic heterocycles. The molecular formula is C18H17N3O. The van der Waals surface area contributed by atoms with E-state index < -0.39 is 0 Å². The fourth-order valence-electron chi connectivity index (χ4n) is 2.99. The maximum atomic E-state index is 12.5. The normalized spacial score (nSPS) is 15.9. The molecule has 0 spiro atoms. The van der Waals surface area contributed by atoms with Gasteiger partial charge in [-0.2, -0.15) is 0 Å². The minimum atomic E-state index is -0.135. The second-order valence-corrected chi connectivity index (χ2v) is 5.91. The van der Waals surface area contributed by atoms with E-state index in [1.54, 1.807) is 18.5 Å². The lowest BCUT2D eigenvalue weighted by Gasteiger charge is -2.14. The molecule has 1 aliphatic carbocycles. The van der Waals surface area contributed by atoms with E-state index in [1.165, 1.54) is 0 Å². The average molecular weight is 291 g/mol. The van der Waals surface area contributed by atoms with Crippen LogP contribution in [0.4, 0.5) is 0 Å². The fourth-order valence-corrected chi connectivity index (χ4v) is 2.99. The van der Waals surface area contributed by atoms with Crippen molar-refractivity contribution in [2.24, 2.45) is 5.92 Å². The second kappa shape index (κ2) is 5.05. The van der Waals surface area contributed by atoms with Crippen LogP contribution in [-0.4, -0.2) is 20.3 Å². The summed E-state index contributed by atoms with van der Waals surface area (Å²) >= 11 is 0. The molecule has 4 nitrogen and oxygen atoms in total. The molecule has 2 heterocycles. The number of para-hydroxylation sites is 1. The Bertz CT molecular complexity index is 834. The van der Waals surface area contributed by atoms with Crippen LogP contribution >= 0.6 is 0 Å². The number of ketones is 1. The first-order valence-corrected chi connectivity index (χ1v) is 7.67. The third kappa shape index (κ3) is 2.11. The molecule has 1 atom stereocenters. The van der Waals surface area contributed by atoms with Gasteiger partial charge in [0.25, 0.3) is 0 Å². The lowest BCUT2D eigenvalue weighted by Crippen LogP contribution is -2.15. The van der Waals surface area contributed by atoms with Gasteiger partial charge in [-0.05, 0) is 38.0 Å². The van der Waals surface area contributed by atoms with E-state index >= 15 is 0 Å². The Morgan fingerprint density at radius 3 is 2.64 bits per heavy atom. The highest BCUT2D eigenvalue weighted by Gasteiger charge is 2.35. The summed E-state index contributed by atoms with van der Waals surface area (Å²) in [5.74, 6) is 1.07. The number of hydrogen-bond donors (Lipinski definition) is 0. The molecule has 1 unspecified atom stereocenters. The zero-order valence-electron chi connectivity index (χ0n) is 12.4. The molecule has 0 radical (unpaired) electrons. The van der Waals surface area contributed by atoms with Gasteiger partial charge in [-0.3, -0.25) is 9.36 Å². The van der Waals surface area contributed by atoms with E-state index in [0.29, 0.717) is 11.7 Å². The smallest absolute Gasteiger partial charge is 0.234 e. The van der Waals surface area contributed by atoms with Gasteiger partial charge in [-0.1, -0.05) is 18.2 Å². The zero-order valence-corrected chi connectivity index (χ0v) is 12.4. The summed E-state index contributed by atoms with van der Waals surface area (Å²) in [5.41, 5.74) is 2.02. The van der Waals surface area contributed by atoms with Crippen LogP contribution in [0.25, 0.3) is 16.9 Å². The molecule has 110 valence electrons. The molecule has 0 bridgehead atoms. The van der Waals surface area contributed by atoms with E-state index in [9.17, 15) is 4.79 Å². The predicted octanol–water partition coefficient (Wildman–Crippen LogP) is 3.50. The number of carbonyl (C=O) groups excluding carboxylic acids is 1. The topological polar surface area (TPSA) is 47.8 Å². The lowest BCUT2D eigenvalue weighted by molar-refractivity contribution is -0.121. The SMILES string of the molecule is CC(C(=O)C1CC1)c1cc2ccccc2n1-c1ncccn1. The van der Waals surface area contributed by atoms with Crippen molar-refractivity contribution in [3.05, 3.63) is 54.5 Å². The largest absolute Gasteiger partial charge is 0.299 e. The van der Waals surface area contributed by atoms with Crippen LogP contribution in [0.15, 0.2) is 48.8 Å². The van der Waals surface area contributed by atoms with Crippen LogP contribution in [0.2, 0.25) is 0 Å². The maximum Gasteiger partial charge on any atom is 0.234 e. The van der Waals surface area contributed by atoms with Crippen LogP contribution in [0.3, 0.4) is 0 Å². The van der Waals surface area contributed by atoms with Gasteiger partial charge in [0.15, 0.2) is 0 Å². The first-order valence-electron chi connectivity index (χ1n) is 7.67. The van der Waals surface area contributed by atoms with E-state index in [4.69, 9.17) is 0 Å². The van der Waals surface area contributed by atoms with Crippen molar-refractivity contribution in [2.45, 2.75) is 25.7 Å². The third-order valence-corrected chi connectivity index (χ3v) is 4.34. The summed E-state index contributed by atoms with van der Waals surface area (Å²) in [7, 11) is 0. The molecular weight excluding hydrogens is 274 g/mol. The van der Waals surface area contributed by atoms with Crippen molar-refractivity contribution in [2.75, 3.05) is 0 Å². The summed E-state index contributed by atoms with van der Waals surface area (Å²) < 4.78 is 2.01. The Morgan fingerprint density at radius 1 is 1.18 bits per heavy atom. The van der Waals surface area contributed by atoms with Gasteiger partial charge in [0.2, 0.25) is 5.95 Å². The number of benzene rings is 1. The number of carbonyl (C=O) groups is 1. The van der Waals surface area contributed by atoms with Crippen molar-refractivity contribution < 1.29 is 4.79 Å². The van der Waals surface area contributed by atoms with Crippen molar-refractivity contribution in [1.29, 1.82) is 0 Å². The first-order chi connectivity index (χ1) is 10.8. The van der Waals surface area contributed by atoms with Gasteiger partial charge in [-0.15, -0.1) is 0 Å². The Labute approximate surface area is 128 Å². The number of nitrogens with zero attached hydrogens (tertiary/aromatic N) is 3. The lowest BCUT2D eigenvalue weighted by atomic mass is 9.99. The molecule has 1 aromatic carbocycles.